The lowest BCUT2D eigenvalue weighted by Gasteiger charge is -2.27. The summed E-state index contributed by atoms with van der Waals surface area (Å²) in [5, 5.41) is 9.79. The normalized spacial score (nSPS) is 17.6. The van der Waals surface area contributed by atoms with Gasteiger partial charge in [-0.1, -0.05) is 223 Å². The number of nitrogens with two attached hydrogens (primary N) is 1. The number of nitrogens with zero attached hydrogens (tertiary/aromatic N) is 7. The summed E-state index contributed by atoms with van der Waals surface area (Å²) >= 11 is 0. The van der Waals surface area contributed by atoms with Crippen molar-refractivity contribution in [2.75, 3.05) is 26.7 Å². The third-order valence-electron chi connectivity index (χ3n) is 21.5. The van der Waals surface area contributed by atoms with E-state index in [9.17, 15) is 19.2 Å². The molecule has 0 radical (unpaired) electrons. The molecule has 1 aliphatic carbocycles. The molecule has 5 aromatic carbocycles. The van der Waals surface area contributed by atoms with E-state index in [1.165, 1.54) is 42.4 Å². The van der Waals surface area contributed by atoms with E-state index in [1.807, 2.05) is 118 Å². The highest BCUT2D eigenvalue weighted by Crippen LogP contribution is 2.39. The highest BCUT2D eigenvalue weighted by Gasteiger charge is 2.38. The minimum atomic E-state index is -0.494. The van der Waals surface area contributed by atoms with Crippen molar-refractivity contribution in [1.82, 2.24) is 59.9 Å². The molecule has 7 heterocycles. The van der Waals surface area contributed by atoms with Gasteiger partial charge >= 0.3 is 6.09 Å². The van der Waals surface area contributed by atoms with Crippen LogP contribution in [0.3, 0.4) is 0 Å². The first-order valence-electron chi connectivity index (χ1n) is 38.4. The van der Waals surface area contributed by atoms with Crippen LogP contribution in [0.1, 0.15) is 207 Å². The third kappa shape index (κ3) is 20.1. The van der Waals surface area contributed by atoms with Crippen LogP contribution in [0.2, 0.25) is 0 Å². The molecule has 7 atom stereocenters. The number of aromatic amines is 4. The average Bonchev–Trinajstić information content (AvgIpc) is 1.69. The lowest BCUT2D eigenvalue weighted by atomic mass is 9.96. The van der Waals surface area contributed by atoms with Crippen molar-refractivity contribution in [2.24, 2.45) is 41.2 Å². The molecule has 0 unspecified atom stereocenters. The monoisotopic (exact) mass is 1430 g/mol. The Labute approximate surface area is 622 Å². The number of aromatic nitrogens is 8. The molecule has 13 rings (SSSR count). The Kier molecular flexibility index (Phi) is 28.8. The number of benzene rings is 5. The molecule has 0 spiro atoms. The van der Waals surface area contributed by atoms with Gasteiger partial charge in [0.05, 0.1) is 71.7 Å². The minimum absolute atomic E-state index is 0.00232. The first-order chi connectivity index (χ1) is 50.7. The maximum atomic E-state index is 13.1. The Hall–Kier alpha value is -9.46. The van der Waals surface area contributed by atoms with Crippen molar-refractivity contribution >= 4 is 23.8 Å². The summed E-state index contributed by atoms with van der Waals surface area (Å²) < 4.78 is 5.10. The van der Waals surface area contributed by atoms with Crippen molar-refractivity contribution in [3.63, 3.8) is 0 Å². The molecule has 19 heteroatoms. The van der Waals surface area contributed by atoms with Gasteiger partial charge in [-0.05, 0) is 132 Å². The number of nitrogens with one attached hydrogen (secondary N) is 5. The zero-order valence-corrected chi connectivity index (χ0v) is 64.5. The van der Waals surface area contributed by atoms with Gasteiger partial charge in [-0.25, -0.2) is 24.7 Å². The number of hydrogen-bond acceptors (Lipinski definition) is 11. The van der Waals surface area contributed by atoms with Crippen LogP contribution in [0, 0.1) is 35.5 Å². The summed E-state index contributed by atoms with van der Waals surface area (Å²) in [6, 6.07) is 43.5. The molecule has 560 valence electrons. The zero-order valence-electron chi connectivity index (χ0n) is 64.5. The molecule has 1 saturated carbocycles. The number of aliphatic hydroxyl groups excluding tert-OH is 1. The third-order valence-corrected chi connectivity index (χ3v) is 21.5. The number of alkyl carbamates (subject to hydrolysis) is 1. The number of amides is 4. The lowest BCUT2D eigenvalue weighted by molar-refractivity contribution is -0.138. The predicted molar refractivity (Wildman–Crippen MR) is 421 cm³/mol. The maximum Gasteiger partial charge on any atom is 0.407 e. The number of ether oxygens (including phenoxy) is 1. The Bertz CT molecular complexity index is 4030. The number of carbonyl (C=O) groups excluding carboxylic acids is 4. The number of likely N-dealkylation sites (tertiary alicyclic amines) is 3. The molecule has 105 heavy (non-hydrogen) atoms. The van der Waals surface area contributed by atoms with Gasteiger partial charge in [0.1, 0.15) is 29.9 Å². The number of aliphatic hydroxyl groups is 1. The van der Waals surface area contributed by atoms with Crippen molar-refractivity contribution < 1.29 is 29.0 Å². The van der Waals surface area contributed by atoms with Gasteiger partial charge in [0.25, 0.3) is 0 Å². The number of H-pyrrole nitrogens is 4. The molecule has 4 fully saturated rings. The van der Waals surface area contributed by atoms with Gasteiger partial charge in [-0.3, -0.25) is 14.4 Å². The molecule has 3 aliphatic heterocycles. The molecule has 0 bridgehead atoms. The summed E-state index contributed by atoms with van der Waals surface area (Å²) in [7, 11) is 1.00. The van der Waals surface area contributed by atoms with E-state index in [1.54, 1.807) is 0 Å². The second-order valence-corrected chi connectivity index (χ2v) is 29.7. The largest absolute Gasteiger partial charge is 0.445 e. The van der Waals surface area contributed by atoms with E-state index in [2.05, 4.69) is 174 Å². The molecular weight excluding hydrogens is 1310 g/mol. The smallest absolute Gasteiger partial charge is 0.407 e. The van der Waals surface area contributed by atoms with Gasteiger partial charge in [0, 0.05) is 50.5 Å². The van der Waals surface area contributed by atoms with Crippen molar-refractivity contribution in [2.45, 2.75) is 197 Å². The average molecular weight is 1430 g/mol. The highest BCUT2D eigenvalue weighted by atomic mass is 16.5. The fraction of sp³-hybridized carbons (Fsp3) is 0.465. The van der Waals surface area contributed by atoms with Crippen LogP contribution in [0.15, 0.2) is 152 Å². The summed E-state index contributed by atoms with van der Waals surface area (Å²) in [5.41, 5.74) is 20.1. The Morgan fingerprint density at radius 1 is 0.429 bits per heavy atom. The number of hydrogen-bond donors (Lipinski definition) is 7. The molecule has 4 amide bonds. The van der Waals surface area contributed by atoms with E-state index in [0.29, 0.717) is 36.8 Å². The Morgan fingerprint density at radius 2 is 0.743 bits per heavy atom. The lowest BCUT2D eigenvalue weighted by Crippen LogP contribution is -2.46. The molecular formula is C86H115N13O6. The summed E-state index contributed by atoms with van der Waals surface area (Å²) in [6.45, 7) is 29.2. The number of rotatable bonds is 20. The summed E-state index contributed by atoms with van der Waals surface area (Å²) in [4.78, 5) is 89.3. The predicted octanol–water partition coefficient (Wildman–Crippen LogP) is 18.1. The van der Waals surface area contributed by atoms with Gasteiger partial charge in [0.15, 0.2) is 0 Å². The molecule has 8 N–H and O–H groups in total. The van der Waals surface area contributed by atoms with Gasteiger partial charge in [0.2, 0.25) is 17.7 Å². The maximum absolute atomic E-state index is 13.1. The highest BCUT2D eigenvalue weighted by molar-refractivity contribution is 5.83. The first-order valence-corrected chi connectivity index (χ1v) is 38.4. The van der Waals surface area contributed by atoms with Crippen molar-refractivity contribution in [3.8, 4) is 67.3 Å². The standard InChI is InChI=1S/C37H47N7O2.C33H39N5O.C13H19NO2.C2H6.CH4O/c1-22(2)24(5)36(45)43-18-6-8-31(43)34-39-20-29(41-34)27-14-10-25(11-15-27)26-12-16-28(17-13-26)30-21-40-35(42-30)32-9-7-19-44(32)37(46)33(38)23(3)4;1-21(2)22(3)33(39)38-18-6-9-30(38)32-35-20-29(37-32)26-16-12-24(13-17-26)23-10-14-25(15-11-23)28-19-34-31(36-28)27-7-4-5-8-27;1-10(2)11(3)14-13(15)16-9-12-7-5-4-6-8-12;2*1-2/h10-17,20-24,31-33H,6-9,18-19,38H2,1-5H3,(H,39,41)(H,40,42);10-17,19-22,27,30H,4-9,18H2,1-3H3,(H,34,36)(H,35,37);4-8,10-11H,9H2,1-3H3,(H,14,15);1-2H3;2H,1H3/t24-,31-,32-,33-;22-,30-;11-;;/m001../s1. The van der Waals surface area contributed by atoms with Crippen LogP contribution < -0.4 is 11.1 Å². The summed E-state index contributed by atoms with van der Waals surface area (Å²) in [6.07, 6.45) is 18.1. The zero-order chi connectivity index (χ0) is 75.4. The minimum Gasteiger partial charge on any atom is -0.445 e. The molecule has 9 aromatic rings. The number of imidazole rings is 4. The van der Waals surface area contributed by atoms with Crippen LogP contribution in [0.4, 0.5) is 4.79 Å². The van der Waals surface area contributed by atoms with E-state index >= 15 is 0 Å². The SMILES string of the molecule is CC.CC(C)[C@@H](C)NC(=O)OCc1ccccc1.CC(C)[C@H](C)C(=O)N1CCC[C@H]1c1ncc(-c2ccc(-c3ccc(-c4cnc(C5CCCC5)[nH]4)cc3)cc2)[nH]1.CC(C)[C@H](C)C(=O)N1CCC[C@H]1c1ncc(-c2ccc(-c3ccc(-c4cnc([C@@H]5CCCN5C(=O)[C@@H](N)C(C)C)[nH]4)cc3)cc2)[nH]1.CO. The van der Waals surface area contributed by atoms with Crippen LogP contribution in [0.5, 0.6) is 0 Å². The topological polar surface area (TPSA) is 260 Å². The van der Waals surface area contributed by atoms with Crippen LogP contribution in [-0.4, -0.2) is 122 Å². The van der Waals surface area contributed by atoms with E-state index in [0.717, 1.165) is 138 Å². The molecule has 4 aliphatic rings. The van der Waals surface area contributed by atoms with Crippen molar-refractivity contribution in [3.05, 3.63) is 181 Å². The van der Waals surface area contributed by atoms with Crippen LogP contribution in [0.25, 0.3) is 67.3 Å². The second kappa shape index (κ2) is 38.0. The second-order valence-electron chi connectivity index (χ2n) is 29.7. The van der Waals surface area contributed by atoms with E-state index in [4.69, 9.17) is 25.5 Å². The Balaban J connectivity index is 0.000000196. The quantitative estimate of drug-likeness (QED) is 0.0377. The first kappa shape index (κ1) is 79.7. The molecule has 4 aromatic heterocycles. The van der Waals surface area contributed by atoms with Crippen molar-refractivity contribution in [1.29, 1.82) is 0 Å². The Morgan fingerprint density at radius 3 is 1.07 bits per heavy atom. The van der Waals surface area contributed by atoms with Gasteiger partial charge < -0.3 is 55.5 Å². The van der Waals surface area contributed by atoms with E-state index in [-0.39, 0.29) is 65.7 Å². The van der Waals surface area contributed by atoms with Crippen LogP contribution >= 0.6 is 0 Å². The molecule has 3 saturated heterocycles. The number of carbonyl (C=O) groups is 4. The summed E-state index contributed by atoms with van der Waals surface area (Å²) in [5.74, 6) is 5.94. The fourth-order valence-electron chi connectivity index (χ4n) is 13.8. The molecule has 19 nitrogen and oxygen atoms in total. The van der Waals surface area contributed by atoms with Crippen LogP contribution in [-0.2, 0) is 25.7 Å². The van der Waals surface area contributed by atoms with Gasteiger partial charge in [-0.15, -0.1) is 0 Å². The van der Waals surface area contributed by atoms with Gasteiger partial charge in [-0.2, -0.15) is 0 Å². The van der Waals surface area contributed by atoms with E-state index < -0.39 is 6.04 Å². The fourth-order valence-corrected chi connectivity index (χ4v) is 13.8.